The highest BCUT2D eigenvalue weighted by atomic mass is 32.1. The molecule has 1 amide bonds. The van der Waals surface area contributed by atoms with E-state index in [1.807, 2.05) is 49.4 Å². The second-order valence-electron chi connectivity index (χ2n) is 8.71. The number of hydrogen-bond acceptors (Lipinski definition) is 4. The van der Waals surface area contributed by atoms with Gasteiger partial charge in [0.05, 0.1) is 16.4 Å². The van der Waals surface area contributed by atoms with Gasteiger partial charge in [0.1, 0.15) is 5.82 Å². The first-order valence-electron chi connectivity index (χ1n) is 10.3. The quantitative estimate of drug-likeness (QED) is 0.258. The Morgan fingerprint density at radius 2 is 1.72 bits per heavy atom. The van der Waals surface area contributed by atoms with Gasteiger partial charge in [0.2, 0.25) is 5.13 Å². The zero-order valence-corrected chi connectivity index (χ0v) is 19.3. The number of anilines is 1. The predicted octanol–water partition coefficient (Wildman–Crippen LogP) is 6.72. The standard InChI is InChI=1S/C26H24FN3OS/c1-17-5-14-22-23(15-17)32-25(29-22)30(28-16-18-6-12-21(27)13-7-18)24(31)19-8-10-20(11-9-19)26(2,3)4/h5-16H,1-4H3/b28-16+. The molecule has 1 heterocycles. The lowest BCUT2D eigenvalue weighted by Gasteiger charge is -2.19. The molecule has 0 bridgehead atoms. The molecule has 0 fully saturated rings. The number of aromatic nitrogens is 1. The molecule has 162 valence electrons. The van der Waals surface area contributed by atoms with Gasteiger partial charge in [0.15, 0.2) is 0 Å². The molecule has 0 atom stereocenters. The third kappa shape index (κ3) is 4.75. The van der Waals surface area contributed by atoms with Crippen LogP contribution in [0.5, 0.6) is 0 Å². The summed E-state index contributed by atoms with van der Waals surface area (Å²) in [5.74, 6) is -0.602. The monoisotopic (exact) mass is 445 g/mol. The number of carbonyl (C=O) groups excluding carboxylic acids is 1. The second kappa shape index (κ2) is 8.63. The Morgan fingerprint density at radius 1 is 1.03 bits per heavy atom. The molecule has 6 heteroatoms. The van der Waals surface area contributed by atoms with Gasteiger partial charge in [-0.15, -0.1) is 0 Å². The highest BCUT2D eigenvalue weighted by molar-refractivity contribution is 7.22. The van der Waals surface area contributed by atoms with Crippen LogP contribution in [0.15, 0.2) is 71.8 Å². The van der Waals surface area contributed by atoms with Crippen LogP contribution >= 0.6 is 11.3 Å². The second-order valence-corrected chi connectivity index (χ2v) is 9.72. The molecule has 4 rings (SSSR count). The van der Waals surface area contributed by atoms with Crippen molar-refractivity contribution >= 4 is 38.8 Å². The van der Waals surface area contributed by atoms with Crippen LogP contribution in [0.1, 0.15) is 47.8 Å². The minimum Gasteiger partial charge on any atom is -0.267 e. The van der Waals surface area contributed by atoms with Gasteiger partial charge in [0, 0.05) is 5.56 Å². The Bertz CT molecular complexity index is 1290. The van der Waals surface area contributed by atoms with Crippen molar-refractivity contribution in [2.24, 2.45) is 5.10 Å². The number of thiazole rings is 1. The lowest BCUT2D eigenvalue weighted by molar-refractivity contribution is 0.0988. The van der Waals surface area contributed by atoms with Crippen molar-refractivity contribution < 1.29 is 9.18 Å². The fourth-order valence-electron chi connectivity index (χ4n) is 3.21. The molecule has 0 N–H and O–H groups in total. The van der Waals surface area contributed by atoms with Gasteiger partial charge in [-0.05, 0) is 65.4 Å². The highest BCUT2D eigenvalue weighted by Gasteiger charge is 2.22. The van der Waals surface area contributed by atoms with Gasteiger partial charge in [0.25, 0.3) is 5.91 Å². The van der Waals surface area contributed by atoms with Crippen molar-refractivity contribution in [1.82, 2.24) is 4.98 Å². The summed E-state index contributed by atoms with van der Waals surface area (Å²) < 4.78 is 14.2. The summed E-state index contributed by atoms with van der Waals surface area (Å²) in [6, 6.07) is 19.5. The molecule has 0 unspecified atom stereocenters. The van der Waals surface area contributed by atoms with E-state index in [-0.39, 0.29) is 17.1 Å². The van der Waals surface area contributed by atoms with Crippen molar-refractivity contribution in [1.29, 1.82) is 0 Å². The molecule has 4 nitrogen and oxygen atoms in total. The van der Waals surface area contributed by atoms with Crippen LogP contribution in [0.25, 0.3) is 10.2 Å². The summed E-state index contributed by atoms with van der Waals surface area (Å²) in [4.78, 5) is 18.1. The van der Waals surface area contributed by atoms with E-state index in [1.54, 1.807) is 12.1 Å². The van der Waals surface area contributed by atoms with Gasteiger partial charge in [-0.2, -0.15) is 10.1 Å². The number of fused-ring (bicyclic) bond motifs is 1. The summed E-state index contributed by atoms with van der Waals surface area (Å²) in [6.07, 6.45) is 1.54. The fraction of sp³-hybridized carbons (Fsp3) is 0.192. The summed E-state index contributed by atoms with van der Waals surface area (Å²) in [6.45, 7) is 8.41. The summed E-state index contributed by atoms with van der Waals surface area (Å²) in [7, 11) is 0. The van der Waals surface area contributed by atoms with Crippen molar-refractivity contribution in [3.63, 3.8) is 0 Å². The van der Waals surface area contributed by atoms with Gasteiger partial charge in [-0.1, -0.05) is 62.4 Å². The fourth-order valence-corrected chi connectivity index (χ4v) is 4.23. The first-order valence-corrected chi connectivity index (χ1v) is 11.1. The number of halogens is 1. The van der Waals surface area contributed by atoms with Crippen LogP contribution in [-0.2, 0) is 5.41 Å². The minimum atomic E-state index is -0.324. The molecule has 0 aliphatic carbocycles. The van der Waals surface area contributed by atoms with E-state index in [1.165, 1.54) is 34.7 Å². The number of benzene rings is 3. The molecule has 0 saturated heterocycles. The summed E-state index contributed by atoms with van der Waals surface area (Å²) >= 11 is 1.41. The molecule has 0 saturated carbocycles. The average molecular weight is 446 g/mol. The van der Waals surface area contributed by atoms with E-state index in [0.29, 0.717) is 16.3 Å². The maximum atomic E-state index is 13.4. The molecule has 1 aromatic heterocycles. The van der Waals surface area contributed by atoms with Crippen LogP contribution in [0.3, 0.4) is 0 Å². The van der Waals surface area contributed by atoms with E-state index in [9.17, 15) is 9.18 Å². The number of aryl methyl sites for hydroxylation is 1. The molecule has 0 spiro atoms. The third-order valence-electron chi connectivity index (χ3n) is 5.10. The highest BCUT2D eigenvalue weighted by Crippen LogP contribution is 2.31. The summed E-state index contributed by atoms with van der Waals surface area (Å²) in [5.41, 5.74) is 4.28. The molecule has 3 aromatic carbocycles. The number of rotatable bonds is 4. The van der Waals surface area contributed by atoms with E-state index >= 15 is 0 Å². The van der Waals surface area contributed by atoms with Crippen molar-refractivity contribution in [2.45, 2.75) is 33.1 Å². The lowest BCUT2D eigenvalue weighted by Crippen LogP contribution is -2.25. The van der Waals surface area contributed by atoms with E-state index in [2.05, 4.69) is 30.9 Å². The van der Waals surface area contributed by atoms with Crippen molar-refractivity contribution in [2.75, 3.05) is 5.01 Å². The smallest absolute Gasteiger partial charge is 0.267 e. The molecule has 32 heavy (non-hydrogen) atoms. The maximum Gasteiger partial charge on any atom is 0.280 e. The van der Waals surface area contributed by atoms with Gasteiger partial charge >= 0.3 is 0 Å². The largest absolute Gasteiger partial charge is 0.280 e. The number of hydrazone groups is 1. The molecular weight excluding hydrogens is 421 g/mol. The SMILES string of the molecule is Cc1ccc2nc(N(/N=C/c3ccc(F)cc3)C(=O)c3ccc(C(C)(C)C)cc3)sc2c1. The van der Waals surface area contributed by atoms with E-state index in [4.69, 9.17) is 0 Å². The van der Waals surface area contributed by atoms with E-state index in [0.717, 1.165) is 21.3 Å². The predicted molar refractivity (Wildman–Crippen MR) is 130 cm³/mol. The van der Waals surface area contributed by atoms with Crippen LogP contribution in [0, 0.1) is 12.7 Å². The first-order chi connectivity index (χ1) is 15.2. The van der Waals surface area contributed by atoms with Crippen molar-refractivity contribution in [3.05, 3.63) is 94.8 Å². The average Bonchev–Trinajstić information content (AvgIpc) is 3.17. The molecule has 0 aliphatic rings. The van der Waals surface area contributed by atoms with Crippen LogP contribution in [0.4, 0.5) is 9.52 Å². The van der Waals surface area contributed by atoms with Crippen LogP contribution in [-0.4, -0.2) is 17.1 Å². The molecule has 0 radical (unpaired) electrons. The van der Waals surface area contributed by atoms with Gasteiger partial charge in [-0.3, -0.25) is 4.79 Å². The number of amides is 1. The van der Waals surface area contributed by atoms with Gasteiger partial charge < -0.3 is 0 Å². The zero-order valence-electron chi connectivity index (χ0n) is 18.5. The minimum absolute atomic E-state index is 0.00705. The maximum absolute atomic E-state index is 13.4. The Kier molecular flexibility index (Phi) is 5.89. The number of nitrogens with zero attached hydrogens (tertiary/aromatic N) is 3. The Hall–Kier alpha value is -3.38. The molecule has 4 aromatic rings. The topological polar surface area (TPSA) is 45.6 Å². The molecule has 0 aliphatic heterocycles. The van der Waals surface area contributed by atoms with Crippen LogP contribution < -0.4 is 5.01 Å². The number of carbonyl (C=O) groups is 1. The Labute approximate surface area is 191 Å². The normalized spacial score (nSPS) is 11.9. The third-order valence-corrected chi connectivity index (χ3v) is 6.09. The zero-order chi connectivity index (χ0) is 22.9. The lowest BCUT2D eigenvalue weighted by atomic mass is 9.87. The molecular formula is C26H24FN3OS. The number of hydrogen-bond donors (Lipinski definition) is 0. The van der Waals surface area contributed by atoms with Gasteiger partial charge in [-0.25, -0.2) is 9.37 Å². The van der Waals surface area contributed by atoms with Crippen LogP contribution in [0.2, 0.25) is 0 Å². The first kappa shape index (κ1) is 21.8. The van der Waals surface area contributed by atoms with Crippen molar-refractivity contribution in [3.8, 4) is 0 Å². The Balaban J connectivity index is 1.73. The van der Waals surface area contributed by atoms with E-state index < -0.39 is 0 Å². The Morgan fingerprint density at radius 3 is 2.38 bits per heavy atom. The summed E-state index contributed by atoms with van der Waals surface area (Å²) in [5, 5.41) is 6.24.